The summed E-state index contributed by atoms with van der Waals surface area (Å²) in [6.45, 7) is 4.33. The van der Waals surface area contributed by atoms with E-state index in [0.717, 1.165) is 18.4 Å². The van der Waals surface area contributed by atoms with Crippen molar-refractivity contribution in [1.29, 1.82) is 0 Å². The second-order valence-electron chi connectivity index (χ2n) is 4.50. The van der Waals surface area contributed by atoms with Gasteiger partial charge in [0, 0.05) is 6.04 Å². The quantitative estimate of drug-likeness (QED) is 0.803. The number of benzene rings is 1. The maximum Gasteiger partial charge on any atom is 0.335 e. The molecular weight excluding hydrogens is 202 g/mol. The molecule has 0 spiro atoms. The van der Waals surface area contributed by atoms with Gasteiger partial charge in [-0.05, 0) is 36.5 Å². The Kier molecular flexibility index (Phi) is 4.50. The van der Waals surface area contributed by atoms with Crippen LogP contribution in [0.15, 0.2) is 24.3 Å². The molecule has 0 radical (unpaired) electrons. The van der Waals surface area contributed by atoms with Crippen molar-refractivity contribution in [2.75, 3.05) is 0 Å². The zero-order valence-corrected chi connectivity index (χ0v) is 9.81. The average molecular weight is 221 g/mol. The van der Waals surface area contributed by atoms with Gasteiger partial charge in [-0.2, -0.15) is 0 Å². The summed E-state index contributed by atoms with van der Waals surface area (Å²) in [5.74, 6) is -0.258. The summed E-state index contributed by atoms with van der Waals surface area (Å²) in [6.07, 6.45) is 2.02. The van der Waals surface area contributed by atoms with Crippen molar-refractivity contribution in [1.82, 2.24) is 0 Å². The highest BCUT2D eigenvalue weighted by Gasteiger charge is 2.08. The van der Waals surface area contributed by atoms with Gasteiger partial charge in [-0.1, -0.05) is 26.0 Å². The van der Waals surface area contributed by atoms with Gasteiger partial charge in [0.2, 0.25) is 0 Å². The van der Waals surface area contributed by atoms with Crippen molar-refractivity contribution in [3.63, 3.8) is 0 Å². The molecule has 1 aromatic carbocycles. The number of aromatic carboxylic acids is 1. The lowest BCUT2D eigenvalue weighted by atomic mass is 9.98. The van der Waals surface area contributed by atoms with Crippen LogP contribution in [0.4, 0.5) is 0 Å². The van der Waals surface area contributed by atoms with E-state index in [1.807, 2.05) is 0 Å². The van der Waals surface area contributed by atoms with Crippen molar-refractivity contribution in [2.45, 2.75) is 32.7 Å². The van der Waals surface area contributed by atoms with E-state index in [4.69, 9.17) is 10.8 Å². The third kappa shape index (κ3) is 3.66. The lowest BCUT2D eigenvalue weighted by Gasteiger charge is -2.13. The maximum absolute atomic E-state index is 10.7. The highest BCUT2D eigenvalue weighted by molar-refractivity contribution is 5.87. The molecule has 0 saturated heterocycles. The molecular formula is C13H19NO2. The summed E-state index contributed by atoms with van der Waals surface area (Å²) in [5, 5.41) is 8.76. The molecule has 1 aromatic rings. The van der Waals surface area contributed by atoms with Crippen molar-refractivity contribution < 1.29 is 9.90 Å². The van der Waals surface area contributed by atoms with Crippen LogP contribution in [-0.4, -0.2) is 11.1 Å². The van der Waals surface area contributed by atoms with Crippen molar-refractivity contribution >= 4 is 5.97 Å². The Morgan fingerprint density at radius 2 is 1.81 bits per heavy atom. The van der Waals surface area contributed by atoms with Gasteiger partial charge in [0.15, 0.2) is 0 Å². The number of carbonyl (C=O) groups is 1. The highest BCUT2D eigenvalue weighted by atomic mass is 16.4. The molecule has 0 bridgehead atoms. The minimum atomic E-state index is -0.901. The lowest BCUT2D eigenvalue weighted by molar-refractivity contribution is 0.0697. The SMILES string of the molecule is CC(C)CC[C@@H](N)c1ccc(C(=O)O)cc1. The first-order valence-electron chi connectivity index (χ1n) is 5.59. The summed E-state index contributed by atoms with van der Waals surface area (Å²) in [4.78, 5) is 10.7. The van der Waals surface area contributed by atoms with Crippen LogP contribution < -0.4 is 5.73 Å². The van der Waals surface area contributed by atoms with Crippen LogP contribution in [0.2, 0.25) is 0 Å². The molecule has 16 heavy (non-hydrogen) atoms. The fraction of sp³-hybridized carbons (Fsp3) is 0.462. The minimum absolute atomic E-state index is 0.00486. The molecule has 0 unspecified atom stereocenters. The van der Waals surface area contributed by atoms with E-state index in [-0.39, 0.29) is 6.04 Å². The Morgan fingerprint density at radius 3 is 2.25 bits per heavy atom. The Bertz CT molecular complexity index is 343. The Morgan fingerprint density at radius 1 is 1.25 bits per heavy atom. The number of rotatable bonds is 5. The molecule has 3 nitrogen and oxygen atoms in total. The molecule has 0 aliphatic rings. The van der Waals surface area contributed by atoms with Gasteiger partial charge in [-0.15, -0.1) is 0 Å². The zero-order chi connectivity index (χ0) is 12.1. The van der Waals surface area contributed by atoms with Gasteiger partial charge < -0.3 is 10.8 Å². The predicted molar refractivity (Wildman–Crippen MR) is 64.4 cm³/mol. The van der Waals surface area contributed by atoms with E-state index in [1.54, 1.807) is 24.3 Å². The standard InChI is InChI=1S/C13H19NO2/c1-9(2)3-8-12(14)10-4-6-11(7-5-10)13(15)16/h4-7,9,12H,3,8,14H2,1-2H3,(H,15,16)/t12-/m1/s1. The summed E-state index contributed by atoms with van der Waals surface area (Å²) in [5.41, 5.74) is 7.33. The summed E-state index contributed by atoms with van der Waals surface area (Å²) < 4.78 is 0. The first-order chi connectivity index (χ1) is 7.50. The monoisotopic (exact) mass is 221 g/mol. The van der Waals surface area contributed by atoms with Gasteiger partial charge in [0.05, 0.1) is 5.56 Å². The molecule has 1 rings (SSSR count). The number of nitrogens with two attached hydrogens (primary N) is 1. The molecule has 3 heteroatoms. The molecule has 0 aliphatic heterocycles. The normalized spacial score (nSPS) is 12.8. The minimum Gasteiger partial charge on any atom is -0.478 e. The van der Waals surface area contributed by atoms with E-state index in [9.17, 15) is 4.79 Å². The van der Waals surface area contributed by atoms with Crippen LogP contribution in [0, 0.1) is 5.92 Å². The lowest BCUT2D eigenvalue weighted by Crippen LogP contribution is -2.11. The topological polar surface area (TPSA) is 63.3 Å². The van der Waals surface area contributed by atoms with E-state index >= 15 is 0 Å². The number of carboxylic acids is 1. The Balaban J connectivity index is 2.63. The predicted octanol–water partition coefficient (Wildman–Crippen LogP) is 2.82. The number of hydrogen-bond acceptors (Lipinski definition) is 2. The summed E-state index contributed by atoms with van der Waals surface area (Å²) in [6, 6.07) is 6.81. The molecule has 0 saturated carbocycles. The van der Waals surface area contributed by atoms with Crippen LogP contribution in [-0.2, 0) is 0 Å². The summed E-state index contributed by atoms with van der Waals surface area (Å²) in [7, 11) is 0. The molecule has 88 valence electrons. The van der Waals surface area contributed by atoms with Gasteiger partial charge in [0.25, 0.3) is 0 Å². The largest absolute Gasteiger partial charge is 0.478 e. The van der Waals surface area contributed by atoms with E-state index < -0.39 is 5.97 Å². The molecule has 3 N–H and O–H groups in total. The highest BCUT2D eigenvalue weighted by Crippen LogP contribution is 2.19. The van der Waals surface area contributed by atoms with Gasteiger partial charge in [-0.25, -0.2) is 4.79 Å². The molecule has 0 heterocycles. The second-order valence-corrected chi connectivity index (χ2v) is 4.50. The third-order valence-corrected chi connectivity index (χ3v) is 2.64. The van der Waals surface area contributed by atoms with Crippen molar-refractivity contribution in [2.24, 2.45) is 11.7 Å². The van der Waals surface area contributed by atoms with Crippen LogP contribution >= 0.6 is 0 Å². The first kappa shape index (κ1) is 12.7. The Labute approximate surface area is 96.3 Å². The fourth-order valence-electron chi connectivity index (χ4n) is 1.55. The van der Waals surface area contributed by atoms with Crippen LogP contribution in [0.25, 0.3) is 0 Å². The molecule has 1 atom stereocenters. The average Bonchev–Trinajstić information content (AvgIpc) is 2.26. The smallest absolute Gasteiger partial charge is 0.335 e. The molecule has 0 amide bonds. The molecule has 0 aromatic heterocycles. The third-order valence-electron chi connectivity index (χ3n) is 2.64. The second kappa shape index (κ2) is 5.66. The van der Waals surface area contributed by atoms with Crippen molar-refractivity contribution in [3.05, 3.63) is 35.4 Å². The van der Waals surface area contributed by atoms with Crippen LogP contribution in [0.1, 0.15) is 48.7 Å². The van der Waals surface area contributed by atoms with E-state index in [2.05, 4.69) is 13.8 Å². The number of carboxylic acid groups (broad SMARTS) is 1. The molecule has 0 aliphatic carbocycles. The van der Waals surface area contributed by atoms with Crippen LogP contribution in [0.3, 0.4) is 0 Å². The van der Waals surface area contributed by atoms with Gasteiger partial charge in [0.1, 0.15) is 0 Å². The van der Waals surface area contributed by atoms with E-state index in [1.165, 1.54) is 0 Å². The maximum atomic E-state index is 10.7. The first-order valence-corrected chi connectivity index (χ1v) is 5.59. The van der Waals surface area contributed by atoms with Gasteiger partial charge in [-0.3, -0.25) is 0 Å². The Hall–Kier alpha value is -1.35. The summed E-state index contributed by atoms with van der Waals surface area (Å²) >= 11 is 0. The zero-order valence-electron chi connectivity index (χ0n) is 9.81. The van der Waals surface area contributed by atoms with Crippen molar-refractivity contribution in [3.8, 4) is 0 Å². The van der Waals surface area contributed by atoms with Gasteiger partial charge >= 0.3 is 5.97 Å². The van der Waals surface area contributed by atoms with Crippen LogP contribution in [0.5, 0.6) is 0 Å². The van der Waals surface area contributed by atoms with E-state index in [0.29, 0.717) is 11.5 Å². The molecule has 0 fully saturated rings. The number of hydrogen-bond donors (Lipinski definition) is 2. The fourth-order valence-corrected chi connectivity index (χ4v) is 1.55.